The van der Waals surface area contributed by atoms with Crippen LogP contribution in [-0.2, 0) is 4.74 Å². The molecule has 1 N–H and O–H groups in total. The number of alkyl carbamates (subject to hydrolysis) is 1. The fourth-order valence-electron chi connectivity index (χ4n) is 2.32. The number of hydrogen-bond acceptors (Lipinski definition) is 4. The number of aromatic nitrogens is 2. The van der Waals surface area contributed by atoms with Crippen molar-refractivity contribution in [3.63, 3.8) is 0 Å². The minimum Gasteiger partial charge on any atom is -0.447 e. The van der Waals surface area contributed by atoms with Crippen molar-refractivity contribution in [3.8, 4) is 11.8 Å². The molecule has 5 nitrogen and oxygen atoms in total. The summed E-state index contributed by atoms with van der Waals surface area (Å²) in [6, 6.07) is 14.4. The molecule has 1 aliphatic heterocycles. The highest BCUT2D eigenvalue weighted by Gasteiger charge is 2.26. The van der Waals surface area contributed by atoms with Gasteiger partial charge in [0.05, 0.1) is 6.04 Å². The normalized spacial score (nSPS) is 14.6. The molecule has 1 aliphatic rings. The van der Waals surface area contributed by atoms with Gasteiger partial charge in [0.2, 0.25) is 5.95 Å². The summed E-state index contributed by atoms with van der Waals surface area (Å²) in [5.74, 6) is 4.91. The number of nitrogens with one attached hydrogen (secondary N) is 1. The third kappa shape index (κ3) is 5.35. The average Bonchev–Trinajstić information content (AvgIpc) is 3.15. The van der Waals surface area contributed by atoms with Gasteiger partial charge in [-0.05, 0) is 36.3 Å². The van der Waals surface area contributed by atoms with E-state index < -0.39 is 18.1 Å². The molecule has 0 saturated carbocycles. The Morgan fingerprint density at radius 1 is 1.04 bits per heavy atom. The van der Waals surface area contributed by atoms with Crippen LogP contribution in [0.1, 0.15) is 22.9 Å². The molecule has 1 aromatic carbocycles. The Hall–Kier alpha value is -3.79. The zero-order chi connectivity index (χ0) is 19.8. The second-order valence-corrected chi connectivity index (χ2v) is 5.66. The highest BCUT2D eigenvalue weighted by molar-refractivity contribution is 5.70. The van der Waals surface area contributed by atoms with E-state index in [0.29, 0.717) is 11.3 Å². The summed E-state index contributed by atoms with van der Waals surface area (Å²) in [5.41, 5.74) is 1.41. The maximum Gasteiger partial charge on any atom is 0.407 e. The SMILES string of the molecule is Fc1ccccc1.O=C1N[C@H](c2cc(C#Cc3ccccn3)cnc2F)CO1. The minimum absolute atomic E-state index is 0.0779. The quantitative estimate of drug-likeness (QED) is 0.518. The van der Waals surface area contributed by atoms with E-state index in [4.69, 9.17) is 4.74 Å². The number of hydrogen-bond donors (Lipinski definition) is 1. The number of rotatable bonds is 1. The van der Waals surface area contributed by atoms with Gasteiger partial charge in [0.1, 0.15) is 18.1 Å². The van der Waals surface area contributed by atoms with Crippen molar-refractivity contribution in [3.05, 3.63) is 95.6 Å². The fourth-order valence-corrected chi connectivity index (χ4v) is 2.32. The largest absolute Gasteiger partial charge is 0.447 e. The van der Waals surface area contributed by atoms with Crippen molar-refractivity contribution in [2.24, 2.45) is 0 Å². The second-order valence-electron chi connectivity index (χ2n) is 5.66. The molecule has 3 aromatic rings. The Balaban J connectivity index is 0.000000271. The van der Waals surface area contributed by atoms with Crippen LogP contribution in [0.5, 0.6) is 0 Å². The molecule has 0 spiro atoms. The van der Waals surface area contributed by atoms with Crippen LogP contribution in [0.15, 0.2) is 67.0 Å². The van der Waals surface area contributed by atoms with Crippen molar-refractivity contribution in [2.75, 3.05) is 6.61 Å². The predicted molar refractivity (Wildman–Crippen MR) is 98.0 cm³/mol. The number of cyclic esters (lactones) is 1. The number of carbonyl (C=O) groups is 1. The van der Waals surface area contributed by atoms with Crippen LogP contribution in [0, 0.1) is 23.6 Å². The lowest BCUT2D eigenvalue weighted by molar-refractivity contribution is 0.176. The van der Waals surface area contributed by atoms with Crippen LogP contribution in [-0.4, -0.2) is 22.7 Å². The molecule has 140 valence electrons. The molecule has 0 bridgehead atoms. The van der Waals surface area contributed by atoms with Crippen molar-refractivity contribution in [2.45, 2.75) is 6.04 Å². The molecule has 1 saturated heterocycles. The Bertz CT molecular complexity index is 1000. The number of carbonyl (C=O) groups excluding carboxylic acids is 1. The maximum atomic E-state index is 13.7. The van der Waals surface area contributed by atoms with Crippen LogP contribution < -0.4 is 5.32 Å². The molecular formula is C21H15F2N3O2. The van der Waals surface area contributed by atoms with Gasteiger partial charge in [-0.3, -0.25) is 0 Å². The number of ether oxygens (including phenoxy) is 1. The van der Waals surface area contributed by atoms with Gasteiger partial charge in [-0.25, -0.2) is 19.2 Å². The number of nitrogens with zero attached hydrogens (tertiary/aromatic N) is 2. The maximum absolute atomic E-state index is 13.7. The van der Waals surface area contributed by atoms with Gasteiger partial charge in [0.25, 0.3) is 0 Å². The zero-order valence-corrected chi connectivity index (χ0v) is 14.6. The molecule has 7 heteroatoms. The molecule has 0 aliphatic carbocycles. The predicted octanol–water partition coefficient (Wildman–Crippen LogP) is 3.62. The second kappa shape index (κ2) is 9.24. The summed E-state index contributed by atoms with van der Waals surface area (Å²) in [6.45, 7) is 0.0779. The van der Waals surface area contributed by atoms with Crippen molar-refractivity contribution in [1.29, 1.82) is 0 Å². The van der Waals surface area contributed by atoms with Crippen LogP contribution in [0.2, 0.25) is 0 Å². The summed E-state index contributed by atoms with van der Waals surface area (Å²) in [7, 11) is 0. The monoisotopic (exact) mass is 379 g/mol. The molecule has 1 fully saturated rings. The zero-order valence-electron chi connectivity index (χ0n) is 14.6. The van der Waals surface area contributed by atoms with E-state index in [2.05, 4.69) is 27.1 Å². The summed E-state index contributed by atoms with van der Waals surface area (Å²) >= 11 is 0. The highest BCUT2D eigenvalue weighted by Crippen LogP contribution is 2.20. The third-order valence-electron chi connectivity index (χ3n) is 3.65. The standard InChI is InChI=1S/C15H10FN3O2.C6H5F/c16-14-12(13-9-21-15(20)19-13)7-10(8-18-14)4-5-11-3-1-2-6-17-11;7-6-4-2-1-3-5-6/h1-3,6-8,13H,9H2,(H,19,20);1-5H/t13-;/m0./s1. The van der Waals surface area contributed by atoms with Gasteiger partial charge in [0.15, 0.2) is 0 Å². The Morgan fingerprint density at radius 3 is 2.43 bits per heavy atom. The van der Waals surface area contributed by atoms with Gasteiger partial charge >= 0.3 is 6.09 Å². The van der Waals surface area contributed by atoms with E-state index in [1.165, 1.54) is 18.3 Å². The van der Waals surface area contributed by atoms with E-state index in [1.807, 2.05) is 6.07 Å². The highest BCUT2D eigenvalue weighted by atomic mass is 19.1. The molecule has 2 aromatic heterocycles. The van der Waals surface area contributed by atoms with Gasteiger partial charge in [-0.2, -0.15) is 4.39 Å². The van der Waals surface area contributed by atoms with E-state index in [9.17, 15) is 13.6 Å². The van der Waals surface area contributed by atoms with Crippen LogP contribution in [0.3, 0.4) is 0 Å². The van der Waals surface area contributed by atoms with Crippen LogP contribution in [0.25, 0.3) is 0 Å². The molecule has 0 radical (unpaired) electrons. The number of pyridine rings is 2. The number of benzene rings is 1. The van der Waals surface area contributed by atoms with Gasteiger partial charge < -0.3 is 10.1 Å². The third-order valence-corrected chi connectivity index (χ3v) is 3.65. The van der Waals surface area contributed by atoms with Gasteiger partial charge in [0, 0.05) is 23.5 Å². The van der Waals surface area contributed by atoms with Gasteiger partial charge in [-0.15, -0.1) is 0 Å². The number of amides is 1. The lowest BCUT2D eigenvalue weighted by Crippen LogP contribution is -2.19. The summed E-state index contributed by atoms with van der Waals surface area (Å²) in [5, 5.41) is 2.51. The molecular weight excluding hydrogens is 364 g/mol. The minimum atomic E-state index is -0.644. The molecule has 28 heavy (non-hydrogen) atoms. The number of halogens is 2. The smallest absolute Gasteiger partial charge is 0.407 e. The first-order valence-corrected chi connectivity index (χ1v) is 8.34. The lowest BCUT2D eigenvalue weighted by Gasteiger charge is -2.08. The Labute approximate surface area is 160 Å². The Kier molecular flexibility index (Phi) is 6.26. The van der Waals surface area contributed by atoms with E-state index >= 15 is 0 Å². The van der Waals surface area contributed by atoms with E-state index in [-0.39, 0.29) is 18.0 Å². The molecule has 0 unspecified atom stereocenters. The van der Waals surface area contributed by atoms with Crippen molar-refractivity contribution in [1.82, 2.24) is 15.3 Å². The fraction of sp³-hybridized carbons (Fsp3) is 0.0952. The van der Waals surface area contributed by atoms with Crippen molar-refractivity contribution >= 4 is 6.09 Å². The van der Waals surface area contributed by atoms with Gasteiger partial charge in [-0.1, -0.05) is 30.2 Å². The van der Waals surface area contributed by atoms with Crippen LogP contribution in [0.4, 0.5) is 13.6 Å². The summed E-state index contributed by atoms with van der Waals surface area (Å²) in [4.78, 5) is 18.8. The topological polar surface area (TPSA) is 64.1 Å². The molecule has 4 rings (SSSR count). The lowest BCUT2D eigenvalue weighted by atomic mass is 10.1. The van der Waals surface area contributed by atoms with Crippen molar-refractivity contribution < 1.29 is 18.3 Å². The van der Waals surface area contributed by atoms with E-state index in [1.54, 1.807) is 42.6 Å². The molecule has 1 amide bonds. The average molecular weight is 379 g/mol. The first kappa shape index (κ1) is 19.0. The first-order chi connectivity index (χ1) is 13.6. The summed E-state index contributed by atoms with van der Waals surface area (Å²) in [6.07, 6.45) is 2.42. The molecule has 3 heterocycles. The van der Waals surface area contributed by atoms with Crippen LogP contribution >= 0.6 is 0 Å². The molecule has 1 atom stereocenters. The Morgan fingerprint density at radius 2 is 1.82 bits per heavy atom. The summed E-state index contributed by atoms with van der Waals surface area (Å²) < 4.78 is 30.4. The first-order valence-electron chi connectivity index (χ1n) is 8.34. The van der Waals surface area contributed by atoms with E-state index in [0.717, 1.165) is 0 Å².